The third-order valence-corrected chi connectivity index (χ3v) is 3.31. The molecule has 0 fully saturated rings. The highest BCUT2D eigenvalue weighted by Gasteiger charge is 2.08. The molecule has 18 heavy (non-hydrogen) atoms. The molecule has 4 aromatic rings. The molecule has 2 aromatic heterocycles. The van der Waals surface area contributed by atoms with Crippen molar-refractivity contribution in [1.29, 1.82) is 0 Å². The summed E-state index contributed by atoms with van der Waals surface area (Å²) in [6.07, 6.45) is 1.80. The Balaban J connectivity index is 2.30. The number of H-pyrrole nitrogens is 1. The second-order valence-electron chi connectivity index (χ2n) is 4.38. The highest BCUT2D eigenvalue weighted by Crippen LogP contribution is 2.29. The first-order valence-corrected chi connectivity index (χ1v) is 5.77. The van der Waals surface area contributed by atoms with Crippen LogP contribution in [0, 0.1) is 5.82 Å². The van der Waals surface area contributed by atoms with Gasteiger partial charge in [-0.15, -0.1) is 0 Å². The molecule has 0 amide bonds. The summed E-state index contributed by atoms with van der Waals surface area (Å²) in [5, 5.41) is 2.90. The van der Waals surface area contributed by atoms with Gasteiger partial charge in [0.2, 0.25) is 0 Å². The molecular weight excluding hydrogens is 227 g/mol. The minimum Gasteiger partial charge on any atom is -0.354 e. The zero-order chi connectivity index (χ0) is 12.1. The van der Waals surface area contributed by atoms with Crippen molar-refractivity contribution < 1.29 is 4.39 Å². The van der Waals surface area contributed by atoms with E-state index in [1.165, 1.54) is 6.07 Å². The van der Waals surface area contributed by atoms with Crippen molar-refractivity contribution in [2.45, 2.75) is 0 Å². The summed E-state index contributed by atoms with van der Waals surface area (Å²) >= 11 is 0. The van der Waals surface area contributed by atoms with E-state index in [0.29, 0.717) is 0 Å². The van der Waals surface area contributed by atoms with Crippen LogP contribution in [0.15, 0.2) is 48.7 Å². The molecule has 0 saturated heterocycles. The molecule has 4 rings (SSSR count). The van der Waals surface area contributed by atoms with E-state index in [-0.39, 0.29) is 5.82 Å². The normalized spacial score (nSPS) is 11.6. The van der Waals surface area contributed by atoms with E-state index in [1.807, 2.05) is 24.3 Å². The molecule has 0 aliphatic rings. The van der Waals surface area contributed by atoms with Gasteiger partial charge in [-0.1, -0.05) is 18.2 Å². The van der Waals surface area contributed by atoms with Gasteiger partial charge in [-0.3, -0.25) is 4.98 Å². The Labute approximate surface area is 102 Å². The maximum atomic E-state index is 13.3. The Morgan fingerprint density at radius 1 is 0.944 bits per heavy atom. The molecule has 1 N–H and O–H groups in total. The molecular formula is C15H9FN2. The molecule has 3 heteroatoms. The number of nitrogens with one attached hydrogen (secondary N) is 1. The van der Waals surface area contributed by atoms with Gasteiger partial charge in [-0.25, -0.2) is 4.39 Å². The Morgan fingerprint density at radius 2 is 1.83 bits per heavy atom. The Hall–Kier alpha value is -2.42. The number of halogens is 1. The maximum absolute atomic E-state index is 13.3. The first-order valence-electron chi connectivity index (χ1n) is 5.77. The zero-order valence-corrected chi connectivity index (χ0v) is 9.44. The number of hydrogen-bond donors (Lipinski definition) is 1. The third-order valence-electron chi connectivity index (χ3n) is 3.31. The Bertz CT molecular complexity index is 893. The van der Waals surface area contributed by atoms with Crippen molar-refractivity contribution >= 4 is 32.7 Å². The molecule has 0 spiro atoms. The van der Waals surface area contributed by atoms with Gasteiger partial charge in [0, 0.05) is 27.9 Å². The summed E-state index contributed by atoms with van der Waals surface area (Å²) in [5.74, 6) is -0.225. The second kappa shape index (κ2) is 3.29. The van der Waals surface area contributed by atoms with Gasteiger partial charge in [0.25, 0.3) is 0 Å². The van der Waals surface area contributed by atoms with E-state index < -0.39 is 0 Å². The summed E-state index contributed by atoms with van der Waals surface area (Å²) in [6, 6.07) is 12.7. The Kier molecular flexibility index (Phi) is 1.75. The predicted octanol–water partition coefficient (Wildman–Crippen LogP) is 4.01. The van der Waals surface area contributed by atoms with E-state index >= 15 is 0 Å². The van der Waals surface area contributed by atoms with Crippen LogP contribution in [0.4, 0.5) is 4.39 Å². The maximum Gasteiger partial charge on any atom is 0.123 e. The van der Waals surface area contributed by atoms with Crippen LogP contribution in [0.1, 0.15) is 0 Å². The molecule has 0 unspecified atom stereocenters. The van der Waals surface area contributed by atoms with Crippen LogP contribution < -0.4 is 0 Å². The van der Waals surface area contributed by atoms with Gasteiger partial charge >= 0.3 is 0 Å². The highest BCUT2D eigenvalue weighted by atomic mass is 19.1. The van der Waals surface area contributed by atoms with E-state index in [1.54, 1.807) is 18.3 Å². The van der Waals surface area contributed by atoms with Crippen LogP contribution in [-0.2, 0) is 0 Å². The lowest BCUT2D eigenvalue weighted by molar-refractivity contribution is 0.630. The van der Waals surface area contributed by atoms with E-state index in [9.17, 15) is 4.39 Å². The number of rotatable bonds is 0. The molecule has 86 valence electrons. The van der Waals surface area contributed by atoms with Gasteiger partial charge in [0.15, 0.2) is 0 Å². The highest BCUT2D eigenvalue weighted by molar-refractivity contribution is 6.15. The van der Waals surface area contributed by atoms with Crippen molar-refractivity contribution in [1.82, 2.24) is 9.97 Å². The second-order valence-corrected chi connectivity index (χ2v) is 4.38. The lowest BCUT2D eigenvalue weighted by atomic mass is 10.1. The predicted molar refractivity (Wildman–Crippen MR) is 71.1 cm³/mol. The van der Waals surface area contributed by atoms with Crippen LogP contribution in [-0.4, -0.2) is 9.97 Å². The summed E-state index contributed by atoms with van der Waals surface area (Å²) < 4.78 is 13.3. The van der Waals surface area contributed by atoms with E-state index in [0.717, 1.165) is 32.7 Å². The van der Waals surface area contributed by atoms with Gasteiger partial charge in [0.1, 0.15) is 5.82 Å². The fourth-order valence-electron chi connectivity index (χ4n) is 2.46. The number of aromatic amines is 1. The van der Waals surface area contributed by atoms with Crippen molar-refractivity contribution in [2.24, 2.45) is 0 Å². The van der Waals surface area contributed by atoms with Crippen LogP contribution in [0.25, 0.3) is 32.7 Å². The topological polar surface area (TPSA) is 28.7 Å². The molecule has 0 saturated carbocycles. The summed E-state index contributed by atoms with van der Waals surface area (Å²) in [4.78, 5) is 7.76. The largest absolute Gasteiger partial charge is 0.354 e. The van der Waals surface area contributed by atoms with Crippen molar-refractivity contribution in [3.63, 3.8) is 0 Å². The summed E-state index contributed by atoms with van der Waals surface area (Å²) in [7, 11) is 0. The fraction of sp³-hybridized carbons (Fsp3) is 0. The minimum absolute atomic E-state index is 0.225. The standard InChI is InChI=1S/C15H9FN2/c16-9-5-6-14-11(7-9)12-8-17-13-4-2-1-3-10(13)15(12)18-14/h1-8,18H. The van der Waals surface area contributed by atoms with E-state index in [4.69, 9.17) is 0 Å². The van der Waals surface area contributed by atoms with Gasteiger partial charge < -0.3 is 4.98 Å². The Morgan fingerprint density at radius 3 is 2.78 bits per heavy atom. The number of pyridine rings is 1. The fourth-order valence-corrected chi connectivity index (χ4v) is 2.46. The number of benzene rings is 2. The molecule has 0 atom stereocenters. The average Bonchev–Trinajstić information content (AvgIpc) is 2.77. The van der Waals surface area contributed by atoms with Crippen molar-refractivity contribution in [3.8, 4) is 0 Å². The number of hydrogen-bond acceptors (Lipinski definition) is 1. The van der Waals surface area contributed by atoms with Crippen LogP contribution in [0.5, 0.6) is 0 Å². The molecule has 0 radical (unpaired) electrons. The first kappa shape index (κ1) is 9.59. The SMILES string of the molecule is Fc1ccc2[nH]c3c4ccccc4ncc3c2c1. The molecule has 2 heterocycles. The number of nitrogens with zero attached hydrogens (tertiary/aromatic N) is 1. The smallest absolute Gasteiger partial charge is 0.123 e. The lowest BCUT2D eigenvalue weighted by Crippen LogP contribution is -1.79. The first-order chi connectivity index (χ1) is 8.83. The molecule has 0 bridgehead atoms. The van der Waals surface area contributed by atoms with Crippen LogP contribution in [0.3, 0.4) is 0 Å². The van der Waals surface area contributed by atoms with Crippen molar-refractivity contribution in [3.05, 3.63) is 54.5 Å². The molecule has 2 aromatic carbocycles. The average molecular weight is 236 g/mol. The minimum atomic E-state index is -0.225. The number of fused-ring (bicyclic) bond motifs is 5. The molecule has 0 aliphatic heterocycles. The molecule has 2 nitrogen and oxygen atoms in total. The van der Waals surface area contributed by atoms with Gasteiger partial charge in [0.05, 0.1) is 11.0 Å². The summed E-state index contributed by atoms with van der Waals surface area (Å²) in [6.45, 7) is 0. The monoisotopic (exact) mass is 236 g/mol. The summed E-state index contributed by atoms with van der Waals surface area (Å²) in [5.41, 5.74) is 2.89. The van der Waals surface area contributed by atoms with Crippen LogP contribution >= 0.6 is 0 Å². The zero-order valence-electron chi connectivity index (χ0n) is 9.44. The quantitative estimate of drug-likeness (QED) is 0.491. The molecule has 0 aliphatic carbocycles. The third kappa shape index (κ3) is 1.19. The number of aromatic nitrogens is 2. The van der Waals surface area contributed by atoms with E-state index in [2.05, 4.69) is 9.97 Å². The number of para-hydroxylation sites is 1. The lowest BCUT2D eigenvalue weighted by Gasteiger charge is -1.97. The van der Waals surface area contributed by atoms with Crippen LogP contribution in [0.2, 0.25) is 0 Å². The van der Waals surface area contributed by atoms with Crippen molar-refractivity contribution in [2.75, 3.05) is 0 Å². The van der Waals surface area contributed by atoms with Gasteiger partial charge in [-0.2, -0.15) is 0 Å². The van der Waals surface area contributed by atoms with Gasteiger partial charge in [-0.05, 0) is 24.3 Å².